The lowest BCUT2D eigenvalue weighted by molar-refractivity contribution is 0.0715. The molecule has 1 aliphatic rings. The average Bonchev–Trinajstić information content (AvgIpc) is 2.38. The van der Waals surface area contributed by atoms with Crippen molar-refractivity contribution in [3.8, 4) is 0 Å². The molecule has 0 N–H and O–H groups in total. The summed E-state index contributed by atoms with van der Waals surface area (Å²) in [5.41, 5.74) is 0. The summed E-state index contributed by atoms with van der Waals surface area (Å²) in [7, 11) is 1.75. The van der Waals surface area contributed by atoms with Crippen LogP contribution in [0.3, 0.4) is 0 Å². The molecule has 0 amide bonds. The van der Waals surface area contributed by atoms with Gasteiger partial charge in [-0.2, -0.15) is 0 Å². The van der Waals surface area contributed by atoms with Crippen LogP contribution in [0.25, 0.3) is 0 Å². The quantitative estimate of drug-likeness (QED) is 0.578. The van der Waals surface area contributed by atoms with E-state index in [0.29, 0.717) is 0 Å². The van der Waals surface area contributed by atoms with Crippen molar-refractivity contribution in [2.75, 3.05) is 7.05 Å². The summed E-state index contributed by atoms with van der Waals surface area (Å²) in [5, 5.41) is 0. The summed E-state index contributed by atoms with van der Waals surface area (Å²) in [6.45, 7) is 3.85. The van der Waals surface area contributed by atoms with Gasteiger partial charge in [0, 0.05) is 12.5 Å². The predicted molar refractivity (Wildman–Crippen MR) is 36.3 cm³/mol. The van der Waals surface area contributed by atoms with E-state index >= 15 is 0 Å². The van der Waals surface area contributed by atoms with Crippen LogP contribution in [0.1, 0.15) is 20.3 Å². The van der Waals surface area contributed by atoms with Gasteiger partial charge in [-0.15, -0.1) is 0 Å². The Morgan fingerprint density at radius 2 is 1.90 bits per heavy atom. The van der Waals surface area contributed by atoms with Crippen LogP contribution in [0.5, 0.6) is 0 Å². The average molecular weight is 149 g/mol. The number of hydrogen-bond donors (Lipinski definition) is 0. The van der Waals surface area contributed by atoms with Gasteiger partial charge in [0.05, 0.1) is 6.04 Å². The maximum absolute atomic E-state index is 12.4. The minimum atomic E-state index is -2.40. The summed E-state index contributed by atoms with van der Waals surface area (Å²) >= 11 is 0. The van der Waals surface area contributed by atoms with Crippen LogP contribution in [0, 0.1) is 0 Å². The second-order valence-electron chi connectivity index (χ2n) is 3.24. The van der Waals surface area contributed by atoms with E-state index in [9.17, 15) is 8.78 Å². The van der Waals surface area contributed by atoms with Gasteiger partial charge >= 0.3 is 0 Å². The molecule has 0 aromatic rings. The van der Waals surface area contributed by atoms with Crippen LogP contribution in [0.15, 0.2) is 0 Å². The third-order valence-electron chi connectivity index (χ3n) is 2.10. The molecule has 1 nitrogen and oxygen atoms in total. The van der Waals surface area contributed by atoms with Gasteiger partial charge in [-0.05, 0) is 20.9 Å². The summed E-state index contributed by atoms with van der Waals surface area (Å²) in [6.07, 6.45) is 0.0433. The Hall–Kier alpha value is -0.180. The van der Waals surface area contributed by atoms with Crippen LogP contribution in [-0.2, 0) is 0 Å². The van der Waals surface area contributed by atoms with E-state index < -0.39 is 12.0 Å². The highest BCUT2D eigenvalue weighted by molar-refractivity contribution is 5.02. The molecule has 1 aliphatic carbocycles. The second kappa shape index (κ2) is 2.16. The highest BCUT2D eigenvalue weighted by atomic mass is 19.3. The molecule has 1 saturated carbocycles. The molecule has 0 aromatic heterocycles. The molecular formula is C7H13F2N. The van der Waals surface area contributed by atoms with Crippen LogP contribution in [-0.4, -0.2) is 30.0 Å². The van der Waals surface area contributed by atoms with Crippen molar-refractivity contribution < 1.29 is 8.78 Å². The van der Waals surface area contributed by atoms with Crippen molar-refractivity contribution in [3.05, 3.63) is 0 Å². The van der Waals surface area contributed by atoms with E-state index in [2.05, 4.69) is 0 Å². The van der Waals surface area contributed by atoms with E-state index in [1.807, 2.05) is 13.8 Å². The maximum Gasteiger partial charge on any atom is 0.265 e. The van der Waals surface area contributed by atoms with E-state index in [1.165, 1.54) is 0 Å². The molecule has 0 aliphatic heterocycles. The van der Waals surface area contributed by atoms with Gasteiger partial charge in [0.15, 0.2) is 0 Å². The first-order valence-electron chi connectivity index (χ1n) is 3.55. The first kappa shape index (κ1) is 7.92. The Kier molecular flexibility index (Phi) is 1.71. The number of nitrogens with zero attached hydrogens (tertiary/aromatic N) is 1. The molecule has 1 rings (SSSR count). The fourth-order valence-corrected chi connectivity index (χ4v) is 1.00. The minimum absolute atomic E-state index is 0.0433. The largest absolute Gasteiger partial charge is 0.295 e. The van der Waals surface area contributed by atoms with Gasteiger partial charge in [0.2, 0.25) is 0 Å². The molecule has 1 unspecified atom stereocenters. The van der Waals surface area contributed by atoms with Crippen molar-refractivity contribution in [2.24, 2.45) is 0 Å². The molecule has 0 heterocycles. The van der Waals surface area contributed by atoms with Gasteiger partial charge in [0.25, 0.3) is 5.92 Å². The van der Waals surface area contributed by atoms with Crippen LogP contribution in [0.4, 0.5) is 8.78 Å². The Morgan fingerprint density at radius 1 is 1.50 bits per heavy atom. The molecular weight excluding hydrogens is 136 g/mol. The molecule has 60 valence electrons. The lowest BCUT2D eigenvalue weighted by atomic mass is 10.3. The molecule has 0 saturated heterocycles. The van der Waals surface area contributed by atoms with Crippen molar-refractivity contribution >= 4 is 0 Å². The summed E-state index contributed by atoms with van der Waals surface area (Å²) < 4.78 is 24.7. The fourth-order valence-electron chi connectivity index (χ4n) is 1.00. The zero-order chi connectivity index (χ0) is 7.94. The summed E-state index contributed by atoms with van der Waals surface area (Å²) in [6, 6.07) is -0.272. The lowest BCUT2D eigenvalue weighted by Gasteiger charge is -2.20. The van der Waals surface area contributed by atoms with E-state index in [1.54, 1.807) is 11.9 Å². The summed E-state index contributed by atoms with van der Waals surface area (Å²) in [5.74, 6) is -2.40. The van der Waals surface area contributed by atoms with Crippen molar-refractivity contribution in [2.45, 2.75) is 38.3 Å². The molecule has 0 aromatic carbocycles. The van der Waals surface area contributed by atoms with Crippen molar-refractivity contribution in [1.29, 1.82) is 0 Å². The topological polar surface area (TPSA) is 3.24 Å². The van der Waals surface area contributed by atoms with Gasteiger partial charge < -0.3 is 0 Å². The second-order valence-corrected chi connectivity index (χ2v) is 3.24. The number of alkyl halides is 2. The third kappa shape index (κ3) is 1.29. The van der Waals surface area contributed by atoms with Crippen LogP contribution in [0.2, 0.25) is 0 Å². The highest BCUT2D eigenvalue weighted by Crippen LogP contribution is 2.45. The maximum atomic E-state index is 12.4. The zero-order valence-corrected chi connectivity index (χ0v) is 6.56. The Balaban J connectivity index is 2.40. The predicted octanol–water partition coefficient (Wildman–Crippen LogP) is 1.73. The summed E-state index contributed by atoms with van der Waals surface area (Å²) in [4.78, 5) is 1.72. The molecule has 0 bridgehead atoms. The van der Waals surface area contributed by atoms with Crippen LogP contribution >= 0.6 is 0 Å². The number of hydrogen-bond acceptors (Lipinski definition) is 1. The van der Waals surface area contributed by atoms with Crippen molar-refractivity contribution in [3.63, 3.8) is 0 Å². The molecule has 0 radical (unpaired) electrons. The molecule has 1 atom stereocenters. The minimum Gasteiger partial charge on any atom is -0.295 e. The Bertz CT molecular complexity index is 134. The first-order chi connectivity index (χ1) is 4.45. The van der Waals surface area contributed by atoms with Gasteiger partial charge in [-0.1, -0.05) is 0 Å². The monoisotopic (exact) mass is 149 g/mol. The number of rotatable bonds is 2. The van der Waals surface area contributed by atoms with E-state index in [4.69, 9.17) is 0 Å². The fraction of sp³-hybridized carbons (Fsp3) is 1.00. The lowest BCUT2D eigenvalue weighted by Crippen LogP contribution is -2.31. The zero-order valence-electron chi connectivity index (χ0n) is 6.56. The highest BCUT2D eigenvalue weighted by Gasteiger charge is 2.59. The van der Waals surface area contributed by atoms with Crippen molar-refractivity contribution in [1.82, 2.24) is 4.90 Å². The smallest absolute Gasteiger partial charge is 0.265 e. The van der Waals surface area contributed by atoms with Gasteiger partial charge in [-0.3, -0.25) is 4.90 Å². The van der Waals surface area contributed by atoms with Gasteiger partial charge in [0.1, 0.15) is 0 Å². The van der Waals surface area contributed by atoms with Gasteiger partial charge in [-0.25, -0.2) is 8.78 Å². The number of halogens is 2. The first-order valence-corrected chi connectivity index (χ1v) is 3.55. The normalized spacial score (nSPS) is 29.7. The molecule has 1 fully saturated rings. The molecule has 0 spiro atoms. The SMILES string of the molecule is CC(C)N(C)C1CC1(F)F. The third-order valence-corrected chi connectivity index (χ3v) is 2.10. The molecule has 3 heteroatoms. The Labute approximate surface area is 60.0 Å². The molecule has 10 heavy (non-hydrogen) atoms. The van der Waals surface area contributed by atoms with Crippen LogP contribution < -0.4 is 0 Å². The van der Waals surface area contributed by atoms with E-state index in [-0.39, 0.29) is 12.5 Å². The van der Waals surface area contributed by atoms with E-state index in [0.717, 1.165) is 0 Å². The standard InChI is InChI=1S/C7H13F2N/c1-5(2)10(3)6-4-7(6,8)9/h5-6H,4H2,1-3H3. The Morgan fingerprint density at radius 3 is 2.00 bits per heavy atom.